The molecule has 3 N–H and O–H groups in total. The standard InChI is InChI=1S/C23H22Cl3N3O5S2/c1-13-8-17(29-36(33,34)22-7-4-15(24)10-21(22)26)9-14(2)19(13)12-27-23(30)18-6-5-16(11-20(18)25)28-35(3,31)32/h4-11,28-29H,12H2,1-3H3,(H,27,30). The van der Waals surface area contributed by atoms with E-state index in [1.807, 2.05) is 0 Å². The molecule has 0 bridgehead atoms. The summed E-state index contributed by atoms with van der Waals surface area (Å²) in [6.45, 7) is 3.74. The van der Waals surface area contributed by atoms with Crippen molar-refractivity contribution in [1.82, 2.24) is 5.32 Å². The maximum Gasteiger partial charge on any atom is 0.263 e. The van der Waals surface area contributed by atoms with Gasteiger partial charge in [0, 0.05) is 22.9 Å². The highest BCUT2D eigenvalue weighted by Crippen LogP contribution is 2.28. The van der Waals surface area contributed by atoms with Crippen LogP contribution in [0.25, 0.3) is 0 Å². The number of benzene rings is 3. The van der Waals surface area contributed by atoms with Gasteiger partial charge in [0.2, 0.25) is 10.0 Å². The van der Waals surface area contributed by atoms with Crippen molar-refractivity contribution in [3.05, 3.63) is 85.9 Å². The van der Waals surface area contributed by atoms with E-state index in [1.54, 1.807) is 26.0 Å². The van der Waals surface area contributed by atoms with Crippen molar-refractivity contribution in [2.45, 2.75) is 25.3 Å². The summed E-state index contributed by atoms with van der Waals surface area (Å²) in [6, 6.07) is 11.6. The Bertz CT molecular complexity index is 1540. The van der Waals surface area contributed by atoms with Crippen molar-refractivity contribution < 1.29 is 21.6 Å². The molecule has 3 rings (SSSR count). The fourth-order valence-corrected chi connectivity index (χ4v) is 6.11. The number of carbonyl (C=O) groups is 1. The van der Waals surface area contributed by atoms with Crippen molar-refractivity contribution in [1.29, 1.82) is 0 Å². The predicted molar refractivity (Wildman–Crippen MR) is 144 cm³/mol. The lowest BCUT2D eigenvalue weighted by Crippen LogP contribution is -2.24. The molecule has 0 atom stereocenters. The first kappa shape index (κ1) is 28.1. The van der Waals surface area contributed by atoms with E-state index in [4.69, 9.17) is 34.8 Å². The Morgan fingerprint density at radius 2 is 1.44 bits per heavy atom. The molecule has 0 aliphatic rings. The highest BCUT2D eigenvalue weighted by atomic mass is 35.5. The molecule has 8 nitrogen and oxygen atoms in total. The zero-order valence-corrected chi connectivity index (χ0v) is 23.2. The van der Waals surface area contributed by atoms with Crippen LogP contribution in [-0.4, -0.2) is 29.0 Å². The summed E-state index contributed by atoms with van der Waals surface area (Å²) in [5.74, 6) is -0.452. The minimum Gasteiger partial charge on any atom is -0.348 e. The Balaban J connectivity index is 1.75. The second-order valence-electron chi connectivity index (χ2n) is 8.02. The number of carbonyl (C=O) groups excluding carboxylic acids is 1. The summed E-state index contributed by atoms with van der Waals surface area (Å²) < 4.78 is 53.1. The van der Waals surface area contributed by atoms with Crippen molar-refractivity contribution in [3.63, 3.8) is 0 Å². The molecule has 0 aliphatic carbocycles. The number of rotatable bonds is 8. The fourth-order valence-electron chi connectivity index (χ4n) is 3.48. The Kier molecular flexibility index (Phi) is 8.47. The van der Waals surface area contributed by atoms with Crippen LogP contribution >= 0.6 is 34.8 Å². The van der Waals surface area contributed by atoms with Gasteiger partial charge in [-0.15, -0.1) is 0 Å². The Morgan fingerprint density at radius 1 is 0.806 bits per heavy atom. The van der Waals surface area contributed by atoms with Gasteiger partial charge in [-0.2, -0.15) is 0 Å². The van der Waals surface area contributed by atoms with E-state index >= 15 is 0 Å². The van der Waals surface area contributed by atoms with Crippen molar-refractivity contribution in [3.8, 4) is 0 Å². The number of sulfonamides is 2. The van der Waals surface area contributed by atoms with Crippen LogP contribution in [0.3, 0.4) is 0 Å². The summed E-state index contributed by atoms with van der Waals surface area (Å²) >= 11 is 18.1. The summed E-state index contributed by atoms with van der Waals surface area (Å²) in [7, 11) is -7.44. The molecule has 0 fully saturated rings. The highest BCUT2D eigenvalue weighted by molar-refractivity contribution is 7.93. The second-order valence-corrected chi connectivity index (χ2v) is 12.7. The third kappa shape index (κ3) is 7.04. The normalized spacial score (nSPS) is 11.7. The molecule has 3 aromatic carbocycles. The van der Waals surface area contributed by atoms with Crippen LogP contribution in [0.4, 0.5) is 11.4 Å². The molecule has 1 amide bonds. The lowest BCUT2D eigenvalue weighted by Gasteiger charge is -2.16. The van der Waals surface area contributed by atoms with E-state index in [0.29, 0.717) is 10.7 Å². The van der Waals surface area contributed by atoms with E-state index in [1.165, 1.54) is 36.4 Å². The molecule has 192 valence electrons. The average molecular weight is 591 g/mol. The third-order valence-corrected chi connectivity index (χ3v) is 8.09. The molecule has 3 aromatic rings. The summed E-state index contributed by atoms with van der Waals surface area (Å²) in [4.78, 5) is 12.6. The van der Waals surface area contributed by atoms with Gasteiger partial charge in [-0.05, 0) is 79.1 Å². The van der Waals surface area contributed by atoms with Gasteiger partial charge in [-0.25, -0.2) is 16.8 Å². The van der Waals surface area contributed by atoms with E-state index < -0.39 is 26.0 Å². The molecule has 0 saturated heterocycles. The Labute approximate surface area is 225 Å². The van der Waals surface area contributed by atoms with Gasteiger partial charge in [0.25, 0.3) is 15.9 Å². The molecule has 36 heavy (non-hydrogen) atoms. The van der Waals surface area contributed by atoms with Crippen molar-refractivity contribution in [2.24, 2.45) is 0 Å². The molecule has 0 radical (unpaired) electrons. The number of anilines is 2. The number of nitrogens with one attached hydrogen (secondary N) is 3. The van der Waals surface area contributed by atoms with Gasteiger partial charge in [-0.3, -0.25) is 14.2 Å². The van der Waals surface area contributed by atoms with Crippen LogP contribution in [0, 0.1) is 13.8 Å². The number of hydrogen-bond acceptors (Lipinski definition) is 5. The highest BCUT2D eigenvalue weighted by Gasteiger charge is 2.20. The Hall–Kier alpha value is -2.50. The summed E-state index contributed by atoms with van der Waals surface area (Å²) in [6.07, 6.45) is 1.01. The molecule has 0 aliphatic heterocycles. The van der Waals surface area contributed by atoms with E-state index in [-0.39, 0.29) is 32.7 Å². The minimum atomic E-state index is -3.96. The molecule has 13 heteroatoms. The number of amides is 1. The topological polar surface area (TPSA) is 121 Å². The SMILES string of the molecule is Cc1cc(NS(=O)(=O)c2ccc(Cl)cc2Cl)cc(C)c1CNC(=O)c1ccc(NS(C)(=O)=O)cc1Cl. The summed E-state index contributed by atoms with van der Waals surface area (Å²) in [5.41, 5.74) is 3.03. The first-order valence-corrected chi connectivity index (χ1v) is 14.8. The smallest absolute Gasteiger partial charge is 0.263 e. The zero-order valence-electron chi connectivity index (χ0n) is 19.3. The number of hydrogen-bond donors (Lipinski definition) is 3. The van der Waals surface area contributed by atoms with Crippen LogP contribution in [0.15, 0.2) is 53.4 Å². The largest absolute Gasteiger partial charge is 0.348 e. The van der Waals surface area contributed by atoms with Crippen molar-refractivity contribution >= 4 is 72.1 Å². The van der Waals surface area contributed by atoms with Gasteiger partial charge < -0.3 is 5.32 Å². The molecular weight excluding hydrogens is 569 g/mol. The van der Waals surface area contributed by atoms with E-state index in [0.717, 1.165) is 22.9 Å². The lowest BCUT2D eigenvalue weighted by molar-refractivity contribution is 0.0951. The zero-order chi connectivity index (χ0) is 26.8. The maximum absolute atomic E-state index is 12.8. The number of halogens is 3. The molecule has 0 spiro atoms. The van der Waals surface area contributed by atoms with Crippen LogP contribution in [0.5, 0.6) is 0 Å². The third-order valence-electron chi connectivity index (χ3n) is 5.07. The lowest BCUT2D eigenvalue weighted by atomic mass is 10.0. The van der Waals surface area contributed by atoms with Gasteiger partial charge in [0.1, 0.15) is 4.90 Å². The van der Waals surface area contributed by atoms with Gasteiger partial charge in [0.15, 0.2) is 0 Å². The van der Waals surface area contributed by atoms with Crippen molar-refractivity contribution in [2.75, 3.05) is 15.7 Å². The van der Waals surface area contributed by atoms with Crippen LogP contribution in [0.1, 0.15) is 27.0 Å². The first-order chi connectivity index (χ1) is 16.7. The quantitative estimate of drug-likeness (QED) is 0.326. The molecule has 0 aromatic heterocycles. The molecular formula is C23H22Cl3N3O5S2. The molecule has 0 saturated carbocycles. The van der Waals surface area contributed by atoms with Crippen LogP contribution in [-0.2, 0) is 26.6 Å². The molecule has 0 unspecified atom stereocenters. The van der Waals surface area contributed by atoms with Gasteiger partial charge in [0.05, 0.1) is 21.9 Å². The van der Waals surface area contributed by atoms with Crippen LogP contribution < -0.4 is 14.8 Å². The maximum atomic E-state index is 12.8. The predicted octanol–water partition coefficient (Wildman–Crippen LogP) is 5.37. The van der Waals surface area contributed by atoms with E-state index in [9.17, 15) is 21.6 Å². The fraction of sp³-hybridized carbons (Fsp3) is 0.174. The van der Waals surface area contributed by atoms with E-state index in [2.05, 4.69) is 14.8 Å². The first-order valence-electron chi connectivity index (χ1n) is 10.3. The monoisotopic (exact) mass is 589 g/mol. The van der Waals surface area contributed by atoms with Crippen LogP contribution in [0.2, 0.25) is 15.1 Å². The minimum absolute atomic E-state index is 0.00145. The second kappa shape index (κ2) is 10.9. The van der Waals surface area contributed by atoms with Gasteiger partial charge in [-0.1, -0.05) is 34.8 Å². The Morgan fingerprint density at radius 3 is 2.00 bits per heavy atom. The average Bonchev–Trinajstić information content (AvgIpc) is 2.71. The summed E-state index contributed by atoms with van der Waals surface area (Å²) in [5, 5.41) is 3.19. The number of aryl methyl sites for hydroxylation is 2. The molecule has 0 heterocycles. The van der Waals surface area contributed by atoms with Gasteiger partial charge >= 0.3 is 0 Å².